The zero-order valence-corrected chi connectivity index (χ0v) is 23.6. The Bertz CT molecular complexity index is 1620. The van der Waals surface area contributed by atoms with E-state index >= 15 is 0 Å². The first-order chi connectivity index (χ1) is 18.6. The molecular weight excluding hydrogens is 586 g/mol. The molecule has 0 aliphatic carbocycles. The number of hydrogen-bond donors (Lipinski definition) is 0. The van der Waals surface area contributed by atoms with Gasteiger partial charge in [0, 0.05) is 19.5 Å². The molecule has 202 valence electrons. The minimum absolute atomic E-state index is 0.333. The number of hydrogen-bond acceptors (Lipinski definition) is 6. The lowest BCUT2D eigenvalue weighted by Gasteiger charge is -2.38. The molecule has 0 saturated heterocycles. The first-order valence-corrected chi connectivity index (χ1v) is 16.0. The Balaban J connectivity index is 1.63. The minimum atomic E-state index is -5.96. The summed E-state index contributed by atoms with van der Waals surface area (Å²) >= 11 is 2.72. The van der Waals surface area contributed by atoms with Crippen LogP contribution in [0.5, 0.6) is 5.06 Å². The van der Waals surface area contributed by atoms with Crippen LogP contribution in [0.3, 0.4) is 0 Å². The smallest absolute Gasteiger partial charge is 0.487 e. The Kier molecular flexibility index (Phi) is 7.62. The standard InChI is InChI=1S/C28H21F3O4S4/c1-34-26-18-16-24(36-26)20-12-14-21(15-13-20)25-17-19-27(37-25)38(22-8-4-2-5-9-22,23-10-6-3-7-11-23)35-39(32,33)28(29,30)31/h2-19H,1H3. The Labute approximate surface area is 233 Å². The number of methoxy groups -OCH3 is 1. The molecule has 3 aromatic carbocycles. The van der Waals surface area contributed by atoms with E-state index in [4.69, 9.17) is 8.37 Å². The molecule has 5 rings (SSSR count). The van der Waals surface area contributed by atoms with E-state index < -0.39 is 25.9 Å². The van der Waals surface area contributed by atoms with Crippen molar-refractivity contribution in [1.29, 1.82) is 0 Å². The first kappa shape index (κ1) is 27.5. The Morgan fingerprint density at radius 1 is 0.641 bits per heavy atom. The van der Waals surface area contributed by atoms with E-state index in [2.05, 4.69) is 0 Å². The van der Waals surface area contributed by atoms with Crippen molar-refractivity contribution in [1.82, 2.24) is 0 Å². The number of alkyl halides is 3. The average Bonchev–Trinajstić information content (AvgIpc) is 3.63. The quantitative estimate of drug-likeness (QED) is 0.165. The van der Waals surface area contributed by atoms with Crippen molar-refractivity contribution in [3.8, 4) is 25.9 Å². The van der Waals surface area contributed by atoms with Crippen LogP contribution in [0.2, 0.25) is 0 Å². The van der Waals surface area contributed by atoms with Crippen LogP contribution in [0, 0.1) is 0 Å². The van der Waals surface area contributed by atoms with Crippen LogP contribution in [0.25, 0.3) is 20.9 Å². The van der Waals surface area contributed by atoms with Gasteiger partial charge in [-0.2, -0.15) is 25.2 Å². The number of halogens is 3. The summed E-state index contributed by atoms with van der Waals surface area (Å²) in [6.45, 7) is 0. The van der Waals surface area contributed by atoms with Crippen molar-refractivity contribution in [3.05, 3.63) is 109 Å². The zero-order valence-electron chi connectivity index (χ0n) is 20.3. The third-order valence-corrected chi connectivity index (χ3v) is 13.4. The maximum Gasteiger partial charge on any atom is 0.524 e. The average molecular weight is 607 g/mol. The van der Waals surface area contributed by atoms with Crippen molar-refractivity contribution in [2.45, 2.75) is 19.5 Å². The molecule has 0 fully saturated rings. The van der Waals surface area contributed by atoms with E-state index in [-0.39, 0.29) is 0 Å². The van der Waals surface area contributed by atoms with Gasteiger partial charge in [-0.3, -0.25) is 0 Å². The molecule has 11 heteroatoms. The van der Waals surface area contributed by atoms with E-state index in [0.717, 1.165) is 25.9 Å². The highest BCUT2D eigenvalue weighted by atomic mass is 32.3. The van der Waals surface area contributed by atoms with E-state index in [1.807, 2.05) is 36.4 Å². The summed E-state index contributed by atoms with van der Waals surface area (Å²) in [5.41, 5.74) is -3.75. The molecule has 0 radical (unpaired) electrons. The van der Waals surface area contributed by atoms with E-state index in [1.54, 1.807) is 79.9 Å². The molecule has 0 aliphatic rings. The van der Waals surface area contributed by atoms with Gasteiger partial charge in [-0.05, 0) is 70.0 Å². The van der Waals surface area contributed by atoms with Gasteiger partial charge in [-0.15, -0.1) is 11.3 Å². The van der Waals surface area contributed by atoms with E-state index in [9.17, 15) is 21.6 Å². The van der Waals surface area contributed by atoms with Crippen LogP contribution in [0.4, 0.5) is 13.2 Å². The van der Waals surface area contributed by atoms with Gasteiger partial charge in [-0.25, -0.2) is 0 Å². The molecule has 0 N–H and O–H groups in total. The fraction of sp³-hybridized carbons (Fsp3) is 0.0714. The van der Waals surface area contributed by atoms with Crippen LogP contribution in [-0.4, -0.2) is 21.0 Å². The predicted molar refractivity (Wildman–Crippen MR) is 151 cm³/mol. The second kappa shape index (κ2) is 10.8. The Hall–Kier alpha value is -3.09. The molecule has 0 spiro atoms. The number of thiophene rings is 2. The fourth-order valence-corrected chi connectivity index (χ4v) is 11.4. The summed E-state index contributed by atoms with van der Waals surface area (Å²) in [7, 11) is -7.66. The zero-order chi connectivity index (χ0) is 27.7. The van der Waals surface area contributed by atoms with Gasteiger partial charge in [0.05, 0.1) is 11.3 Å². The largest absolute Gasteiger partial charge is 0.524 e. The normalized spacial score (nSPS) is 12.8. The third kappa shape index (κ3) is 5.37. The van der Waals surface area contributed by atoms with Crippen molar-refractivity contribution < 1.29 is 30.0 Å². The summed E-state index contributed by atoms with van der Waals surface area (Å²) < 4.78 is 77.1. The first-order valence-electron chi connectivity index (χ1n) is 11.4. The fourth-order valence-electron chi connectivity index (χ4n) is 3.89. The maximum atomic E-state index is 13.7. The lowest BCUT2D eigenvalue weighted by atomic mass is 10.1. The molecule has 0 atom stereocenters. The highest BCUT2D eigenvalue weighted by Crippen LogP contribution is 2.72. The van der Waals surface area contributed by atoms with Gasteiger partial charge < -0.3 is 4.74 Å². The van der Waals surface area contributed by atoms with Gasteiger partial charge in [-0.1, -0.05) is 72.0 Å². The van der Waals surface area contributed by atoms with Gasteiger partial charge in [0.1, 0.15) is 0 Å². The molecule has 2 heterocycles. The monoisotopic (exact) mass is 606 g/mol. The van der Waals surface area contributed by atoms with Gasteiger partial charge in [0.25, 0.3) is 0 Å². The third-order valence-electron chi connectivity index (χ3n) is 5.73. The van der Waals surface area contributed by atoms with Gasteiger partial charge >= 0.3 is 15.6 Å². The highest BCUT2D eigenvalue weighted by Gasteiger charge is 2.52. The lowest BCUT2D eigenvalue weighted by molar-refractivity contribution is -0.0496. The summed E-state index contributed by atoms with van der Waals surface area (Å²) in [5.74, 6) is 0. The van der Waals surface area contributed by atoms with Crippen LogP contribution in [-0.2, 0) is 13.7 Å². The molecule has 0 bridgehead atoms. The maximum absolute atomic E-state index is 13.7. The van der Waals surface area contributed by atoms with E-state index in [1.165, 1.54) is 22.7 Å². The second-order valence-corrected chi connectivity index (χ2v) is 15.0. The molecule has 0 unspecified atom stereocenters. The minimum Gasteiger partial charge on any atom is -0.487 e. The van der Waals surface area contributed by atoms with Crippen molar-refractivity contribution in [2.75, 3.05) is 7.11 Å². The van der Waals surface area contributed by atoms with Gasteiger partial charge in [0.2, 0.25) is 0 Å². The molecule has 5 aromatic rings. The number of ether oxygens (including phenoxy) is 1. The van der Waals surface area contributed by atoms with Gasteiger partial charge in [0.15, 0.2) is 5.06 Å². The molecule has 39 heavy (non-hydrogen) atoms. The van der Waals surface area contributed by atoms with Crippen molar-refractivity contribution in [2.24, 2.45) is 0 Å². The Morgan fingerprint density at radius 3 is 1.59 bits per heavy atom. The summed E-state index contributed by atoms with van der Waals surface area (Å²) in [6, 6.07) is 31.5. The molecule has 4 nitrogen and oxygen atoms in total. The lowest BCUT2D eigenvalue weighted by Crippen LogP contribution is -2.27. The number of benzene rings is 3. The summed E-state index contributed by atoms with van der Waals surface area (Å²) in [5, 5.41) is 0.798. The van der Waals surface area contributed by atoms with Crippen molar-refractivity contribution >= 4 is 43.1 Å². The molecule has 2 aromatic heterocycles. The van der Waals surface area contributed by atoms with Crippen LogP contribution in [0.15, 0.2) is 123 Å². The van der Waals surface area contributed by atoms with Crippen LogP contribution in [0.1, 0.15) is 0 Å². The highest BCUT2D eigenvalue weighted by molar-refractivity contribution is 8.34. The molecular formula is C28H21F3O4S4. The van der Waals surface area contributed by atoms with E-state index in [0.29, 0.717) is 14.0 Å². The molecule has 0 aliphatic heterocycles. The molecule has 0 saturated carbocycles. The van der Waals surface area contributed by atoms with Crippen LogP contribution >= 0.6 is 33.0 Å². The molecule has 0 amide bonds. The SMILES string of the molecule is COc1ccc(-c2ccc(-c3ccc(S(OS(=O)(=O)C(F)(F)F)(c4ccccc4)c4ccccc4)s3)cc2)s1. The van der Waals surface area contributed by atoms with Crippen molar-refractivity contribution in [3.63, 3.8) is 0 Å². The second-order valence-electron chi connectivity index (χ2n) is 8.17. The van der Waals surface area contributed by atoms with Crippen LogP contribution < -0.4 is 4.74 Å². The topological polar surface area (TPSA) is 52.6 Å². The predicted octanol–water partition coefficient (Wildman–Crippen LogP) is 9.22. The Morgan fingerprint density at radius 2 is 1.13 bits per heavy atom. The number of rotatable bonds is 8. The summed E-state index contributed by atoms with van der Waals surface area (Å²) in [6.07, 6.45) is 0. The summed E-state index contributed by atoms with van der Waals surface area (Å²) in [4.78, 5) is 2.46.